The highest BCUT2D eigenvalue weighted by Gasteiger charge is 2.26. The third-order valence-electron chi connectivity index (χ3n) is 2.61. The van der Waals surface area contributed by atoms with Gasteiger partial charge in [-0.2, -0.15) is 0 Å². The molecular formula is C12H17NO3S. The average Bonchev–Trinajstić information content (AvgIpc) is 2.23. The Kier molecular flexibility index (Phi) is 4.28. The van der Waals surface area contributed by atoms with Crippen molar-refractivity contribution in [2.24, 2.45) is 5.16 Å². The summed E-state index contributed by atoms with van der Waals surface area (Å²) in [4.78, 5) is 0. The van der Waals surface area contributed by atoms with Gasteiger partial charge in [0.25, 0.3) is 0 Å². The number of aryl methyl sites for hydroxylation is 1. The topological polar surface area (TPSA) is 66.7 Å². The molecule has 17 heavy (non-hydrogen) atoms. The Morgan fingerprint density at radius 2 is 2.12 bits per heavy atom. The lowest BCUT2D eigenvalue weighted by molar-refractivity contribution is 0.318. The molecule has 0 aliphatic heterocycles. The van der Waals surface area contributed by atoms with Crippen molar-refractivity contribution in [3.8, 4) is 0 Å². The first-order valence-electron chi connectivity index (χ1n) is 5.38. The summed E-state index contributed by atoms with van der Waals surface area (Å²) >= 11 is 0. The molecule has 1 atom stereocenters. The van der Waals surface area contributed by atoms with Gasteiger partial charge in [0.05, 0.1) is 0 Å². The summed E-state index contributed by atoms with van der Waals surface area (Å²) in [5, 5.41) is 11.5. The van der Waals surface area contributed by atoms with Crippen LogP contribution in [0.1, 0.15) is 24.5 Å². The molecule has 1 unspecified atom stereocenters. The second kappa shape index (κ2) is 5.31. The lowest BCUT2D eigenvalue weighted by atomic mass is 10.0. The minimum absolute atomic E-state index is 0.207. The Bertz CT molecular complexity index is 520. The van der Waals surface area contributed by atoms with Gasteiger partial charge in [-0.1, -0.05) is 41.9 Å². The molecule has 0 aliphatic rings. The summed E-state index contributed by atoms with van der Waals surface area (Å²) in [6.45, 7) is 3.66. The van der Waals surface area contributed by atoms with Gasteiger partial charge in [-0.3, -0.25) is 0 Å². The highest BCUT2D eigenvalue weighted by Crippen LogP contribution is 2.15. The van der Waals surface area contributed by atoms with Crippen molar-refractivity contribution in [1.82, 2.24) is 0 Å². The van der Waals surface area contributed by atoms with Crippen LogP contribution in [0.5, 0.6) is 0 Å². The lowest BCUT2D eigenvalue weighted by Gasteiger charge is -2.15. The van der Waals surface area contributed by atoms with Gasteiger partial charge < -0.3 is 5.21 Å². The minimum atomic E-state index is -3.28. The average molecular weight is 255 g/mol. The molecule has 4 nitrogen and oxygen atoms in total. The fraction of sp³-hybridized carbons (Fsp3) is 0.417. The van der Waals surface area contributed by atoms with E-state index in [0.717, 1.165) is 11.8 Å². The number of sulfone groups is 1. The van der Waals surface area contributed by atoms with Gasteiger partial charge in [0, 0.05) is 11.8 Å². The van der Waals surface area contributed by atoms with E-state index < -0.39 is 15.1 Å². The standard InChI is InChI=1S/C12H17NO3S/c1-4-11(17(3,15)16)12(13-14)10-7-5-6-9(2)8-10/h5-8,11,14H,4H2,1-3H3/b13-12+. The zero-order valence-electron chi connectivity index (χ0n) is 10.2. The predicted molar refractivity (Wildman–Crippen MR) is 68.4 cm³/mol. The third-order valence-corrected chi connectivity index (χ3v) is 4.20. The largest absolute Gasteiger partial charge is 0.411 e. The molecule has 1 rings (SSSR count). The maximum absolute atomic E-state index is 11.6. The zero-order valence-corrected chi connectivity index (χ0v) is 11.0. The van der Waals surface area contributed by atoms with Gasteiger partial charge in [0.2, 0.25) is 0 Å². The van der Waals surface area contributed by atoms with Crippen molar-refractivity contribution in [1.29, 1.82) is 0 Å². The highest BCUT2D eigenvalue weighted by molar-refractivity contribution is 7.92. The van der Waals surface area contributed by atoms with E-state index in [1.807, 2.05) is 25.1 Å². The Hall–Kier alpha value is -1.36. The van der Waals surface area contributed by atoms with Crippen molar-refractivity contribution in [2.45, 2.75) is 25.5 Å². The van der Waals surface area contributed by atoms with Crippen molar-refractivity contribution >= 4 is 15.5 Å². The molecule has 0 heterocycles. The van der Waals surface area contributed by atoms with Crippen LogP contribution in [0, 0.1) is 6.92 Å². The van der Waals surface area contributed by atoms with Gasteiger partial charge in [-0.15, -0.1) is 0 Å². The van der Waals surface area contributed by atoms with Crippen LogP contribution in [0.2, 0.25) is 0 Å². The molecule has 0 aliphatic carbocycles. The summed E-state index contributed by atoms with van der Waals surface area (Å²) < 4.78 is 23.3. The smallest absolute Gasteiger partial charge is 0.156 e. The molecule has 1 N–H and O–H groups in total. The second-order valence-electron chi connectivity index (χ2n) is 4.08. The predicted octanol–water partition coefficient (Wildman–Crippen LogP) is 2.00. The normalized spacial score (nSPS) is 14.6. The van der Waals surface area contributed by atoms with Gasteiger partial charge in [-0.05, 0) is 13.3 Å². The van der Waals surface area contributed by atoms with E-state index in [4.69, 9.17) is 5.21 Å². The second-order valence-corrected chi connectivity index (χ2v) is 6.31. The number of nitrogens with zero attached hydrogens (tertiary/aromatic N) is 1. The summed E-state index contributed by atoms with van der Waals surface area (Å²) in [6, 6.07) is 7.27. The number of oxime groups is 1. The highest BCUT2D eigenvalue weighted by atomic mass is 32.2. The van der Waals surface area contributed by atoms with E-state index >= 15 is 0 Å². The monoisotopic (exact) mass is 255 g/mol. The van der Waals surface area contributed by atoms with Crippen molar-refractivity contribution in [3.63, 3.8) is 0 Å². The minimum Gasteiger partial charge on any atom is -0.411 e. The number of rotatable bonds is 4. The Labute approximate surface area is 102 Å². The van der Waals surface area contributed by atoms with Crippen LogP contribution < -0.4 is 0 Å². The van der Waals surface area contributed by atoms with Crippen molar-refractivity contribution in [2.75, 3.05) is 6.26 Å². The molecule has 94 valence electrons. The van der Waals surface area contributed by atoms with Crippen molar-refractivity contribution in [3.05, 3.63) is 35.4 Å². The molecule has 0 aromatic heterocycles. The molecule has 0 saturated carbocycles. The number of hydrogen-bond acceptors (Lipinski definition) is 4. The first-order valence-corrected chi connectivity index (χ1v) is 7.33. The van der Waals surface area contributed by atoms with Gasteiger partial charge in [0.15, 0.2) is 9.84 Å². The molecule has 0 saturated heterocycles. The first-order chi connectivity index (χ1) is 7.90. The lowest BCUT2D eigenvalue weighted by Crippen LogP contribution is -2.29. The van der Waals surface area contributed by atoms with Gasteiger partial charge >= 0.3 is 0 Å². The molecule has 1 aromatic rings. The van der Waals surface area contributed by atoms with Crippen LogP contribution in [0.15, 0.2) is 29.4 Å². The summed E-state index contributed by atoms with van der Waals surface area (Å²) in [6.07, 6.45) is 1.54. The van der Waals surface area contributed by atoms with Gasteiger partial charge in [-0.25, -0.2) is 8.42 Å². The molecule has 0 amide bonds. The fourth-order valence-corrected chi connectivity index (χ4v) is 3.01. The molecule has 0 spiro atoms. The van der Waals surface area contributed by atoms with E-state index in [1.165, 1.54) is 0 Å². The van der Waals surface area contributed by atoms with E-state index in [9.17, 15) is 8.42 Å². The zero-order chi connectivity index (χ0) is 13.1. The Morgan fingerprint density at radius 1 is 1.47 bits per heavy atom. The number of hydrogen-bond donors (Lipinski definition) is 1. The molecule has 1 aromatic carbocycles. The maximum atomic E-state index is 11.6. The van der Waals surface area contributed by atoms with Crippen LogP contribution in [0.25, 0.3) is 0 Å². The van der Waals surface area contributed by atoms with E-state index in [-0.39, 0.29) is 5.71 Å². The summed E-state index contributed by atoms with van der Waals surface area (Å²) in [7, 11) is -3.28. The summed E-state index contributed by atoms with van der Waals surface area (Å²) in [5.41, 5.74) is 1.84. The van der Waals surface area contributed by atoms with Crippen LogP contribution in [0.3, 0.4) is 0 Å². The van der Waals surface area contributed by atoms with Crippen LogP contribution in [-0.4, -0.2) is 30.8 Å². The van der Waals surface area contributed by atoms with Crippen LogP contribution >= 0.6 is 0 Å². The van der Waals surface area contributed by atoms with Crippen LogP contribution in [-0.2, 0) is 9.84 Å². The molecule has 0 fully saturated rings. The fourth-order valence-electron chi connectivity index (χ4n) is 1.81. The van der Waals surface area contributed by atoms with E-state index in [1.54, 1.807) is 13.0 Å². The first kappa shape index (κ1) is 13.7. The number of benzene rings is 1. The quantitative estimate of drug-likeness (QED) is 0.508. The molecular weight excluding hydrogens is 238 g/mol. The maximum Gasteiger partial charge on any atom is 0.156 e. The van der Waals surface area contributed by atoms with Crippen molar-refractivity contribution < 1.29 is 13.6 Å². The third kappa shape index (κ3) is 3.30. The Balaban J connectivity index is 3.25. The van der Waals surface area contributed by atoms with Gasteiger partial charge in [0.1, 0.15) is 11.0 Å². The van der Waals surface area contributed by atoms with E-state index in [2.05, 4.69) is 5.16 Å². The summed E-state index contributed by atoms with van der Waals surface area (Å²) in [5.74, 6) is 0. The molecule has 0 radical (unpaired) electrons. The van der Waals surface area contributed by atoms with E-state index in [0.29, 0.717) is 12.0 Å². The van der Waals surface area contributed by atoms with Crippen LogP contribution in [0.4, 0.5) is 0 Å². The Morgan fingerprint density at radius 3 is 2.53 bits per heavy atom. The molecule has 0 bridgehead atoms. The SMILES string of the molecule is CCC(/C(=N/O)c1cccc(C)c1)S(C)(=O)=O. The molecule has 5 heteroatoms.